The van der Waals surface area contributed by atoms with Crippen molar-refractivity contribution in [1.82, 2.24) is 10.6 Å². The Labute approximate surface area is 119 Å². The van der Waals surface area contributed by atoms with E-state index < -0.39 is 9.84 Å². The van der Waals surface area contributed by atoms with Gasteiger partial charge in [0.1, 0.15) is 0 Å². The number of carbonyl (C=O) groups excluding carboxylic acids is 1. The number of hydrogen-bond donors (Lipinski definition) is 2. The van der Waals surface area contributed by atoms with Crippen LogP contribution in [0.5, 0.6) is 0 Å². The maximum atomic E-state index is 12.3. The fourth-order valence-corrected chi connectivity index (χ4v) is 3.88. The summed E-state index contributed by atoms with van der Waals surface area (Å²) in [7, 11) is -3.40. The SMILES string of the molecule is CCCS(=O)(=O)c1ccccc1C(=O)NC1CCNC1. The summed E-state index contributed by atoms with van der Waals surface area (Å²) in [5.41, 5.74) is 0.243. The van der Waals surface area contributed by atoms with Crippen molar-refractivity contribution in [2.24, 2.45) is 0 Å². The van der Waals surface area contributed by atoms with Crippen LogP contribution in [0, 0.1) is 0 Å². The summed E-state index contributed by atoms with van der Waals surface area (Å²) in [5, 5.41) is 6.05. The minimum atomic E-state index is -3.40. The zero-order valence-corrected chi connectivity index (χ0v) is 12.4. The molecule has 0 bridgehead atoms. The van der Waals surface area contributed by atoms with Crippen LogP contribution < -0.4 is 10.6 Å². The van der Waals surface area contributed by atoms with Crippen molar-refractivity contribution in [3.63, 3.8) is 0 Å². The first kappa shape index (κ1) is 15.0. The Bertz CT molecular complexity index is 578. The van der Waals surface area contributed by atoms with Crippen LogP contribution in [0.2, 0.25) is 0 Å². The molecule has 1 saturated heterocycles. The topological polar surface area (TPSA) is 75.3 Å². The summed E-state index contributed by atoms with van der Waals surface area (Å²) in [5.74, 6) is -0.253. The second-order valence-electron chi connectivity index (χ2n) is 4.98. The zero-order chi connectivity index (χ0) is 14.6. The van der Waals surface area contributed by atoms with Gasteiger partial charge in [0.2, 0.25) is 0 Å². The minimum Gasteiger partial charge on any atom is -0.348 e. The summed E-state index contributed by atoms with van der Waals surface area (Å²) < 4.78 is 24.4. The molecule has 0 aromatic heterocycles. The van der Waals surface area contributed by atoms with E-state index in [2.05, 4.69) is 10.6 Å². The van der Waals surface area contributed by atoms with Gasteiger partial charge in [-0.15, -0.1) is 0 Å². The Kier molecular flexibility index (Phi) is 4.77. The van der Waals surface area contributed by atoms with Gasteiger partial charge >= 0.3 is 0 Å². The molecule has 0 radical (unpaired) electrons. The molecule has 1 unspecified atom stereocenters. The third-order valence-corrected chi connectivity index (χ3v) is 5.31. The number of nitrogens with one attached hydrogen (secondary N) is 2. The zero-order valence-electron chi connectivity index (χ0n) is 11.6. The predicted molar refractivity (Wildman–Crippen MR) is 77.5 cm³/mol. The third kappa shape index (κ3) is 3.37. The fraction of sp³-hybridized carbons (Fsp3) is 0.500. The maximum absolute atomic E-state index is 12.3. The maximum Gasteiger partial charge on any atom is 0.252 e. The molecule has 1 amide bonds. The van der Waals surface area contributed by atoms with Crippen LogP contribution in [0.1, 0.15) is 30.1 Å². The van der Waals surface area contributed by atoms with Crippen molar-refractivity contribution < 1.29 is 13.2 Å². The lowest BCUT2D eigenvalue weighted by atomic mass is 10.2. The van der Waals surface area contributed by atoms with E-state index in [1.165, 1.54) is 6.07 Å². The van der Waals surface area contributed by atoms with Gasteiger partial charge in [-0.05, 0) is 31.5 Å². The second-order valence-corrected chi connectivity index (χ2v) is 7.06. The lowest BCUT2D eigenvalue weighted by Crippen LogP contribution is -2.36. The highest BCUT2D eigenvalue weighted by Gasteiger charge is 2.23. The van der Waals surface area contributed by atoms with Crippen LogP contribution in [-0.2, 0) is 9.84 Å². The van der Waals surface area contributed by atoms with Gasteiger partial charge in [-0.25, -0.2) is 8.42 Å². The van der Waals surface area contributed by atoms with E-state index in [-0.39, 0.29) is 28.2 Å². The normalized spacial score (nSPS) is 18.9. The molecule has 1 heterocycles. The minimum absolute atomic E-state index is 0.0578. The summed E-state index contributed by atoms with van der Waals surface area (Å²) in [6.45, 7) is 3.42. The van der Waals surface area contributed by atoms with Crippen molar-refractivity contribution in [2.45, 2.75) is 30.7 Å². The molecule has 2 rings (SSSR count). The molecule has 0 aliphatic carbocycles. The van der Waals surface area contributed by atoms with Crippen molar-refractivity contribution in [1.29, 1.82) is 0 Å². The average molecular weight is 296 g/mol. The molecule has 6 heteroatoms. The first-order chi connectivity index (χ1) is 9.54. The van der Waals surface area contributed by atoms with E-state index in [1.807, 2.05) is 6.92 Å². The monoisotopic (exact) mass is 296 g/mol. The van der Waals surface area contributed by atoms with Gasteiger partial charge in [-0.3, -0.25) is 4.79 Å². The van der Waals surface area contributed by atoms with Gasteiger partial charge in [0, 0.05) is 12.6 Å². The van der Waals surface area contributed by atoms with Crippen molar-refractivity contribution >= 4 is 15.7 Å². The van der Waals surface area contributed by atoms with Crippen LogP contribution in [0.4, 0.5) is 0 Å². The predicted octanol–water partition coefficient (Wildman–Crippen LogP) is 0.962. The van der Waals surface area contributed by atoms with Crippen LogP contribution in [0.15, 0.2) is 29.2 Å². The van der Waals surface area contributed by atoms with Crippen LogP contribution in [0.25, 0.3) is 0 Å². The molecule has 1 aromatic carbocycles. The molecular formula is C14H20N2O3S. The molecule has 1 fully saturated rings. The largest absolute Gasteiger partial charge is 0.348 e. The molecular weight excluding hydrogens is 276 g/mol. The molecule has 5 nitrogen and oxygen atoms in total. The Balaban J connectivity index is 2.25. The highest BCUT2D eigenvalue weighted by molar-refractivity contribution is 7.91. The summed E-state index contributed by atoms with van der Waals surface area (Å²) in [6, 6.07) is 6.49. The van der Waals surface area contributed by atoms with Crippen molar-refractivity contribution in [3.05, 3.63) is 29.8 Å². The van der Waals surface area contributed by atoms with E-state index in [1.54, 1.807) is 18.2 Å². The van der Waals surface area contributed by atoms with E-state index in [9.17, 15) is 13.2 Å². The first-order valence-electron chi connectivity index (χ1n) is 6.88. The lowest BCUT2D eigenvalue weighted by Gasteiger charge is -2.14. The molecule has 1 aliphatic heterocycles. The van der Waals surface area contributed by atoms with Gasteiger partial charge in [0.25, 0.3) is 5.91 Å². The Morgan fingerprint density at radius 2 is 2.15 bits per heavy atom. The smallest absolute Gasteiger partial charge is 0.252 e. The molecule has 0 saturated carbocycles. The van der Waals surface area contributed by atoms with E-state index in [0.29, 0.717) is 6.42 Å². The summed E-state index contributed by atoms with van der Waals surface area (Å²) in [4.78, 5) is 12.4. The highest BCUT2D eigenvalue weighted by Crippen LogP contribution is 2.18. The Morgan fingerprint density at radius 3 is 2.80 bits per heavy atom. The van der Waals surface area contributed by atoms with Gasteiger partial charge in [-0.1, -0.05) is 19.1 Å². The van der Waals surface area contributed by atoms with Crippen LogP contribution >= 0.6 is 0 Å². The Hall–Kier alpha value is -1.40. The lowest BCUT2D eigenvalue weighted by molar-refractivity contribution is 0.0936. The molecule has 20 heavy (non-hydrogen) atoms. The summed E-state index contributed by atoms with van der Waals surface area (Å²) >= 11 is 0. The molecule has 1 aromatic rings. The number of rotatable bonds is 5. The molecule has 2 N–H and O–H groups in total. The second kappa shape index (κ2) is 6.37. The van der Waals surface area contributed by atoms with Crippen molar-refractivity contribution in [2.75, 3.05) is 18.8 Å². The number of hydrogen-bond acceptors (Lipinski definition) is 4. The third-order valence-electron chi connectivity index (χ3n) is 3.34. The number of benzene rings is 1. The van der Waals surface area contributed by atoms with E-state index in [0.717, 1.165) is 19.5 Å². The van der Waals surface area contributed by atoms with Crippen LogP contribution in [-0.4, -0.2) is 39.2 Å². The summed E-state index contributed by atoms with van der Waals surface area (Å²) in [6.07, 6.45) is 1.40. The molecule has 110 valence electrons. The van der Waals surface area contributed by atoms with Gasteiger partial charge in [0.05, 0.1) is 16.2 Å². The van der Waals surface area contributed by atoms with Gasteiger partial charge in [0.15, 0.2) is 9.84 Å². The van der Waals surface area contributed by atoms with Gasteiger partial charge in [-0.2, -0.15) is 0 Å². The van der Waals surface area contributed by atoms with Gasteiger partial charge < -0.3 is 10.6 Å². The standard InChI is InChI=1S/C14H20N2O3S/c1-2-9-20(18,19)13-6-4-3-5-12(13)14(17)16-11-7-8-15-10-11/h3-6,11,15H,2,7-10H2,1H3,(H,16,17). The molecule has 1 atom stereocenters. The van der Waals surface area contributed by atoms with E-state index >= 15 is 0 Å². The highest BCUT2D eigenvalue weighted by atomic mass is 32.2. The number of amides is 1. The Morgan fingerprint density at radius 1 is 1.40 bits per heavy atom. The number of carbonyl (C=O) groups is 1. The van der Waals surface area contributed by atoms with Crippen molar-refractivity contribution in [3.8, 4) is 0 Å². The first-order valence-corrected chi connectivity index (χ1v) is 8.53. The number of sulfone groups is 1. The van der Waals surface area contributed by atoms with E-state index in [4.69, 9.17) is 0 Å². The average Bonchev–Trinajstić information content (AvgIpc) is 2.91. The molecule has 0 spiro atoms. The molecule has 1 aliphatic rings. The van der Waals surface area contributed by atoms with Crippen LogP contribution in [0.3, 0.4) is 0 Å². The fourth-order valence-electron chi connectivity index (χ4n) is 2.35. The quantitative estimate of drug-likeness (QED) is 0.849.